The lowest BCUT2D eigenvalue weighted by atomic mass is 9.89. The molecule has 0 N–H and O–H groups in total. The zero-order valence-electron chi connectivity index (χ0n) is 15.7. The monoisotopic (exact) mass is 374 g/mol. The maximum Gasteiger partial charge on any atom is 0.166 e. The lowest BCUT2D eigenvalue weighted by Crippen LogP contribution is -2.36. The van der Waals surface area contributed by atoms with Crippen molar-refractivity contribution in [1.82, 2.24) is 9.88 Å². The van der Waals surface area contributed by atoms with Crippen LogP contribution in [0.15, 0.2) is 72.8 Å². The van der Waals surface area contributed by atoms with Crippen LogP contribution in [0.1, 0.15) is 28.9 Å². The van der Waals surface area contributed by atoms with Crippen LogP contribution in [-0.2, 0) is 6.54 Å². The Kier molecular flexibility index (Phi) is 5.58. The third-order valence-corrected chi connectivity index (χ3v) is 5.35. The van der Waals surface area contributed by atoms with Gasteiger partial charge in [-0.2, -0.15) is 0 Å². The fourth-order valence-corrected chi connectivity index (χ4v) is 3.77. The van der Waals surface area contributed by atoms with E-state index in [0.717, 1.165) is 49.4 Å². The van der Waals surface area contributed by atoms with Crippen molar-refractivity contribution in [3.05, 3.63) is 89.9 Å². The number of nitrogens with zero attached hydrogens (tertiary/aromatic N) is 2. The molecule has 1 aromatic heterocycles. The molecule has 4 rings (SSSR count). The van der Waals surface area contributed by atoms with Gasteiger partial charge in [-0.3, -0.25) is 14.7 Å². The normalized spacial score (nSPS) is 15.5. The quantitative estimate of drug-likeness (QED) is 0.591. The van der Waals surface area contributed by atoms with E-state index >= 15 is 0 Å². The van der Waals surface area contributed by atoms with Crippen molar-refractivity contribution in [3.63, 3.8) is 0 Å². The van der Waals surface area contributed by atoms with Crippen molar-refractivity contribution in [2.75, 3.05) is 13.1 Å². The van der Waals surface area contributed by atoms with Crippen molar-refractivity contribution < 1.29 is 9.18 Å². The molecule has 0 aliphatic carbocycles. The molecular formula is C24H23FN2O. The predicted molar refractivity (Wildman–Crippen MR) is 108 cm³/mol. The molecule has 0 unspecified atom stereocenters. The van der Waals surface area contributed by atoms with Crippen LogP contribution in [0.5, 0.6) is 0 Å². The molecule has 0 spiro atoms. The molecule has 2 heterocycles. The fourth-order valence-electron chi connectivity index (χ4n) is 3.77. The van der Waals surface area contributed by atoms with Crippen LogP contribution in [0, 0.1) is 11.7 Å². The van der Waals surface area contributed by atoms with Crippen LogP contribution in [0.4, 0.5) is 4.39 Å². The molecule has 3 aromatic rings. The number of pyridine rings is 1. The smallest absolute Gasteiger partial charge is 0.166 e. The van der Waals surface area contributed by atoms with Crippen molar-refractivity contribution in [2.24, 2.45) is 5.92 Å². The maximum atomic E-state index is 13.1. The summed E-state index contributed by atoms with van der Waals surface area (Å²) in [6.07, 6.45) is 1.66. The van der Waals surface area contributed by atoms with E-state index in [1.807, 2.05) is 24.3 Å². The van der Waals surface area contributed by atoms with E-state index in [9.17, 15) is 9.18 Å². The minimum absolute atomic E-state index is 0.0188. The molecule has 0 radical (unpaired) electrons. The van der Waals surface area contributed by atoms with Gasteiger partial charge in [0.05, 0.1) is 11.4 Å². The van der Waals surface area contributed by atoms with Gasteiger partial charge in [-0.05, 0) is 62.3 Å². The van der Waals surface area contributed by atoms with Gasteiger partial charge in [0.1, 0.15) is 5.82 Å². The third-order valence-electron chi connectivity index (χ3n) is 5.35. The minimum atomic E-state index is -0.309. The summed E-state index contributed by atoms with van der Waals surface area (Å²) in [6.45, 7) is 2.53. The van der Waals surface area contributed by atoms with Gasteiger partial charge in [-0.15, -0.1) is 0 Å². The maximum absolute atomic E-state index is 13.1. The first-order chi connectivity index (χ1) is 13.7. The van der Waals surface area contributed by atoms with Gasteiger partial charge in [0.2, 0.25) is 0 Å². The van der Waals surface area contributed by atoms with Crippen LogP contribution >= 0.6 is 0 Å². The van der Waals surface area contributed by atoms with E-state index in [0.29, 0.717) is 5.56 Å². The number of likely N-dealkylation sites (tertiary alicyclic amines) is 1. The standard InChI is InChI=1S/C24H23FN2O/c25-21-11-9-19(10-12-21)24(28)20-13-15-27(16-14-20)17-22-7-4-8-23(26-22)18-5-2-1-3-6-18/h1-12,20H,13-17H2. The number of carbonyl (C=O) groups is 1. The Balaban J connectivity index is 1.36. The Morgan fingerprint density at radius 2 is 1.64 bits per heavy atom. The second-order valence-electron chi connectivity index (χ2n) is 7.30. The average Bonchev–Trinajstić information content (AvgIpc) is 2.75. The second kappa shape index (κ2) is 8.44. The zero-order chi connectivity index (χ0) is 19.3. The number of halogens is 1. The van der Waals surface area contributed by atoms with Crippen LogP contribution in [-0.4, -0.2) is 28.8 Å². The lowest BCUT2D eigenvalue weighted by molar-refractivity contribution is 0.0834. The summed E-state index contributed by atoms with van der Waals surface area (Å²) < 4.78 is 13.1. The number of hydrogen-bond acceptors (Lipinski definition) is 3. The van der Waals surface area contributed by atoms with Gasteiger partial charge in [0.25, 0.3) is 0 Å². The number of hydrogen-bond donors (Lipinski definition) is 0. The van der Waals surface area contributed by atoms with Crippen LogP contribution in [0.25, 0.3) is 11.3 Å². The lowest BCUT2D eigenvalue weighted by Gasteiger charge is -2.31. The number of ketones is 1. The summed E-state index contributed by atoms with van der Waals surface area (Å²) >= 11 is 0. The molecule has 1 fully saturated rings. The molecule has 0 amide bonds. The van der Waals surface area contributed by atoms with E-state index in [1.165, 1.54) is 12.1 Å². The molecule has 2 aromatic carbocycles. The third kappa shape index (κ3) is 4.34. The van der Waals surface area contributed by atoms with Crippen LogP contribution in [0.3, 0.4) is 0 Å². The average molecular weight is 374 g/mol. The topological polar surface area (TPSA) is 33.2 Å². The van der Waals surface area contributed by atoms with Crippen LogP contribution < -0.4 is 0 Å². The Morgan fingerprint density at radius 3 is 2.36 bits per heavy atom. The van der Waals surface area contributed by atoms with E-state index in [2.05, 4.69) is 29.2 Å². The Labute approximate surface area is 164 Å². The molecule has 1 aliphatic heterocycles. The first-order valence-corrected chi connectivity index (χ1v) is 9.72. The number of Topliss-reactive ketones (excluding diaryl/α,β-unsaturated/α-hetero) is 1. The Morgan fingerprint density at radius 1 is 0.929 bits per heavy atom. The number of carbonyl (C=O) groups excluding carboxylic acids is 1. The van der Waals surface area contributed by atoms with Gasteiger partial charge in [-0.1, -0.05) is 36.4 Å². The summed E-state index contributed by atoms with van der Waals surface area (Å²) in [6, 6.07) is 22.2. The molecular weight excluding hydrogens is 351 g/mol. The van der Waals surface area contributed by atoms with Gasteiger partial charge in [0.15, 0.2) is 5.78 Å². The first kappa shape index (κ1) is 18.5. The zero-order valence-corrected chi connectivity index (χ0v) is 15.7. The van der Waals surface area contributed by atoms with Crippen molar-refractivity contribution >= 4 is 5.78 Å². The summed E-state index contributed by atoms with van der Waals surface area (Å²) in [5.41, 5.74) is 3.76. The predicted octanol–water partition coefficient (Wildman–Crippen LogP) is 4.98. The molecule has 0 saturated carbocycles. The molecule has 4 heteroatoms. The first-order valence-electron chi connectivity index (χ1n) is 9.72. The van der Waals surface area contributed by atoms with Gasteiger partial charge >= 0.3 is 0 Å². The highest BCUT2D eigenvalue weighted by molar-refractivity contribution is 5.97. The fraction of sp³-hybridized carbons (Fsp3) is 0.250. The second-order valence-corrected chi connectivity index (χ2v) is 7.30. The molecule has 28 heavy (non-hydrogen) atoms. The number of aromatic nitrogens is 1. The SMILES string of the molecule is O=C(c1ccc(F)cc1)C1CCN(Cc2cccc(-c3ccccc3)n2)CC1. The van der Waals surface area contributed by atoms with Gasteiger partial charge in [-0.25, -0.2) is 4.39 Å². The minimum Gasteiger partial charge on any atom is -0.297 e. The van der Waals surface area contributed by atoms with Gasteiger partial charge < -0.3 is 0 Å². The van der Waals surface area contributed by atoms with E-state index in [1.54, 1.807) is 12.1 Å². The van der Waals surface area contributed by atoms with E-state index in [4.69, 9.17) is 4.98 Å². The number of rotatable bonds is 5. The summed E-state index contributed by atoms with van der Waals surface area (Å²) in [7, 11) is 0. The molecule has 3 nitrogen and oxygen atoms in total. The summed E-state index contributed by atoms with van der Waals surface area (Å²) in [4.78, 5) is 19.8. The van der Waals surface area contributed by atoms with Crippen molar-refractivity contribution in [2.45, 2.75) is 19.4 Å². The van der Waals surface area contributed by atoms with E-state index < -0.39 is 0 Å². The molecule has 1 saturated heterocycles. The highest BCUT2D eigenvalue weighted by atomic mass is 19.1. The molecule has 1 aliphatic rings. The highest BCUT2D eigenvalue weighted by Crippen LogP contribution is 2.24. The number of benzene rings is 2. The summed E-state index contributed by atoms with van der Waals surface area (Å²) in [5.74, 6) is -0.161. The van der Waals surface area contributed by atoms with Gasteiger partial charge in [0, 0.05) is 23.6 Å². The Hall–Kier alpha value is -2.85. The van der Waals surface area contributed by atoms with E-state index in [-0.39, 0.29) is 17.5 Å². The van der Waals surface area contributed by atoms with Crippen molar-refractivity contribution in [1.29, 1.82) is 0 Å². The largest absolute Gasteiger partial charge is 0.297 e. The van der Waals surface area contributed by atoms with Crippen molar-refractivity contribution in [3.8, 4) is 11.3 Å². The van der Waals surface area contributed by atoms with Crippen LogP contribution in [0.2, 0.25) is 0 Å². The number of piperidine rings is 1. The Bertz CT molecular complexity index is 932. The highest BCUT2D eigenvalue weighted by Gasteiger charge is 2.26. The molecule has 0 atom stereocenters. The summed E-state index contributed by atoms with van der Waals surface area (Å²) in [5, 5.41) is 0. The molecule has 142 valence electrons. The molecule has 0 bridgehead atoms.